The van der Waals surface area contributed by atoms with Crippen molar-refractivity contribution in [3.63, 3.8) is 0 Å². The molecule has 0 aliphatic heterocycles. The first-order valence-corrected chi connectivity index (χ1v) is 10.2. The second-order valence-corrected chi connectivity index (χ2v) is 7.28. The molecule has 4 aromatic rings. The molecule has 15 heteroatoms. The number of aryl methyl sites for hydroxylation is 1. The van der Waals surface area contributed by atoms with Gasteiger partial charge in [-0.25, -0.2) is 19.7 Å². The van der Waals surface area contributed by atoms with Crippen molar-refractivity contribution in [1.82, 2.24) is 19.9 Å². The van der Waals surface area contributed by atoms with Gasteiger partial charge in [0.1, 0.15) is 28.3 Å². The minimum Gasteiger partial charge on any atom is -0.497 e. The highest BCUT2D eigenvalue weighted by molar-refractivity contribution is 5.92. The molecule has 4 rings (SSSR count). The molecular formula is C22H21F3N6O6. The summed E-state index contributed by atoms with van der Waals surface area (Å²) in [4.78, 5) is 26.4. The standard InChI is InChI=1S/C20H20N6O4.C2HF3O2/c1-9-12-7-11(28-2)8-15(30-4)16(12)23-19(22-9)26-20-24-17-13(18(27)25-20)5-10(21)6-14(17)29-3;3-2(4,5)1(6)7/h5-8H,21H2,1-4H3,(H2,22,23,24,25,26,27);(H,6,7). The summed E-state index contributed by atoms with van der Waals surface area (Å²) in [6.07, 6.45) is -5.08. The number of nitrogens with one attached hydrogen (secondary N) is 1. The van der Waals surface area contributed by atoms with E-state index in [1.165, 1.54) is 7.11 Å². The number of aliphatic carboxylic acids is 1. The van der Waals surface area contributed by atoms with E-state index in [0.29, 0.717) is 45.0 Å². The molecule has 2 aromatic carbocycles. The summed E-state index contributed by atoms with van der Waals surface area (Å²) in [6, 6.07) is 6.77. The summed E-state index contributed by atoms with van der Waals surface area (Å²) >= 11 is 0. The van der Waals surface area contributed by atoms with E-state index in [2.05, 4.69) is 25.3 Å². The van der Waals surface area contributed by atoms with E-state index in [1.807, 2.05) is 13.0 Å². The van der Waals surface area contributed by atoms with Crippen LogP contribution >= 0.6 is 0 Å². The summed E-state index contributed by atoms with van der Waals surface area (Å²) < 4.78 is 47.8. The van der Waals surface area contributed by atoms with Crippen LogP contribution in [0.5, 0.6) is 23.1 Å². The molecule has 0 bridgehead atoms. The number of aromatic hydroxyl groups is 1. The number of rotatable bonds is 5. The van der Waals surface area contributed by atoms with Gasteiger partial charge < -0.3 is 30.2 Å². The molecule has 5 N–H and O–H groups in total. The Kier molecular flexibility index (Phi) is 7.55. The number of carboxylic acids is 1. The van der Waals surface area contributed by atoms with Crippen LogP contribution in [-0.2, 0) is 4.79 Å². The lowest BCUT2D eigenvalue weighted by Gasteiger charge is -2.12. The second kappa shape index (κ2) is 10.4. The second-order valence-electron chi connectivity index (χ2n) is 7.28. The van der Waals surface area contributed by atoms with E-state index in [4.69, 9.17) is 29.8 Å². The number of hydrogen-bond acceptors (Lipinski definition) is 11. The number of fused-ring (bicyclic) bond motifs is 2. The average molecular weight is 522 g/mol. The maximum absolute atomic E-state index is 10.6. The van der Waals surface area contributed by atoms with Crippen molar-refractivity contribution < 1.29 is 42.4 Å². The van der Waals surface area contributed by atoms with Crippen LogP contribution in [0.1, 0.15) is 5.69 Å². The fourth-order valence-corrected chi connectivity index (χ4v) is 3.17. The van der Waals surface area contributed by atoms with E-state index in [0.717, 1.165) is 5.39 Å². The predicted molar refractivity (Wildman–Crippen MR) is 127 cm³/mol. The lowest BCUT2D eigenvalue weighted by molar-refractivity contribution is -0.192. The topological polar surface area (TPSA) is 175 Å². The Morgan fingerprint density at radius 1 is 0.892 bits per heavy atom. The number of benzene rings is 2. The highest BCUT2D eigenvalue weighted by Crippen LogP contribution is 2.34. The van der Waals surface area contributed by atoms with E-state index < -0.39 is 12.1 Å². The fourth-order valence-electron chi connectivity index (χ4n) is 3.17. The Hall–Kier alpha value is -4.82. The summed E-state index contributed by atoms with van der Waals surface area (Å²) in [7, 11) is 4.64. The summed E-state index contributed by atoms with van der Waals surface area (Å²) in [5.41, 5.74) is 7.98. The van der Waals surface area contributed by atoms with Gasteiger partial charge >= 0.3 is 12.1 Å². The molecule has 0 unspecified atom stereocenters. The van der Waals surface area contributed by atoms with E-state index in [-0.39, 0.29) is 17.8 Å². The van der Waals surface area contributed by atoms with Crippen molar-refractivity contribution in [3.05, 3.63) is 30.0 Å². The molecule has 37 heavy (non-hydrogen) atoms. The lowest BCUT2D eigenvalue weighted by Crippen LogP contribution is -2.21. The molecule has 196 valence electrons. The number of carboxylic acid groups (broad SMARTS) is 1. The Bertz CT molecular complexity index is 1480. The molecule has 0 saturated heterocycles. The van der Waals surface area contributed by atoms with Gasteiger partial charge in [-0.05, 0) is 19.1 Å². The monoisotopic (exact) mass is 522 g/mol. The van der Waals surface area contributed by atoms with Crippen molar-refractivity contribution in [2.45, 2.75) is 13.1 Å². The van der Waals surface area contributed by atoms with E-state index in [1.54, 1.807) is 32.4 Å². The number of nitrogens with two attached hydrogens (primary N) is 1. The van der Waals surface area contributed by atoms with Crippen LogP contribution in [0.4, 0.5) is 30.8 Å². The number of hydrogen-bond donors (Lipinski definition) is 4. The molecule has 0 radical (unpaired) electrons. The molecule has 0 fully saturated rings. The van der Waals surface area contributed by atoms with Crippen molar-refractivity contribution in [3.8, 4) is 23.1 Å². The number of ether oxygens (including phenoxy) is 3. The third kappa shape index (κ3) is 5.88. The van der Waals surface area contributed by atoms with Gasteiger partial charge in [0.25, 0.3) is 0 Å². The normalized spacial score (nSPS) is 11.0. The lowest BCUT2D eigenvalue weighted by atomic mass is 10.1. The average Bonchev–Trinajstić information content (AvgIpc) is 2.83. The minimum absolute atomic E-state index is 0.106. The smallest absolute Gasteiger partial charge is 0.490 e. The van der Waals surface area contributed by atoms with Gasteiger partial charge in [-0.3, -0.25) is 5.32 Å². The molecule has 0 saturated carbocycles. The van der Waals surface area contributed by atoms with Crippen molar-refractivity contribution in [2.24, 2.45) is 0 Å². The first-order chi connectivity index (χ1) is 17.4. The highest BCUT2D eigenvalue weighted by Gasteiger charge is 2.38. The number of aromatic nitrogens is 4. The van der Waals surface area contributed by atoms with Crippen molar-refractivity contribution >= 4 is 45.4 Å². The molecule has 0 aliphatic carbocycles. The van der Waals surface area contributed by atoms with Gasteiger partial charge in [0, 0.05) is 23.2 Å². The molecule has 0 amide bonds. The summed E-state index contributed by atoms with van der Waals surface area (Å²) in [5, 5.41) is 21.6. The number of carbonyl (C=O) groups is 1. The molecule has 0 aliphatic rings. The van der Waals surface area contributed by atoms with Crippen LogP contribution < -0.4 is 25.3 Å². The Labute approximate surface area is 206 Å². The molecule has 0 spiro atoms. The zero-order valence-corrected chi connectivity index (χ0v) is 19.8. The number of anilines is 3. The minimum atomic E-state index is -5.08. The molecule has 2 aromatic heterocycles. The zero-order chi connectivity index (χ0) is 27.5. The first-order valence-electron chi connectivity index (χ1n) is 10.2. The van der Waals surface area contributed by atoms with E-state index in [9.17, 15) is 18.3 Å². The van der Waals surface area contributed by atoms with Crippen molar-refractivity contribution in [1.29, 1.82) is 0 Å². The molecule has 12 nitrogen and oxygen atoms in total. The third-order valence-electron chi connectivity index (χ3n) is 4.84. The largest absolute Gasteiger partial charge is 0.497 e. The Morgan fingerprint density at radius 3 is 1.97 bits per heavy atom. The predicted octanol–water partition coefficient (Wildman–Crippen LogP) is 3.57. The van der Waals surface area contributed by atoms with Crippen LogP contribution in [0.2, 0.25) is 0 Å². The van der Waals surface area contributed by atoms with Crippen molar-refractivity contribution in [2.75, 3.05) is 32.4 Å². The SMILES string of the molecule is COc1cc(OC)c2nc(Nc3nc(O)c4cc(N)cc(OC)c4n3)nc(C)c2c1.O=C(O)C(F)(F)F. The number of nitrogens with zero attached hydrogens (tertiary/aromatic N) is 4. The van der Waals surface area contributed by atoms with Crippen LogP contribution in [0.3, 0.4) is 0 Å². The molecule has 2 heterocycles. The maximum Gasteiger partial charge on any atom is 0.490 e. The van der Waals surface area contributed by atoms with E-state index >= 15 is 0 Å². The summed E-state index contributed by atoms with van der Waals surface area (Å²) in [5.74, 6) is -1.06. The van der Waals surface area contributed by atoms with Crippen LogP contribution in [0, 0.1) is 6.92 Å². The van der Waals surface area contributed by atoms with Crippen LogP contribution in [-0.4, -0.2) is 63.6 Å². The quantitative estimate of drug-likeness (QED) is 0.281. The highest BCUT2D eigenvalue weighted by atomic mass is 19.4. The van der Waals surface area contributed by atoms with Gasteiger partial charge in [-0.1, -0.05) is 0 Å². The van der Waals surface area contributed by atoms with Gasteiger partial charge in [-0.15, -0.1) is 0 Å². The number of halogens is 3. The molecular weight excluding hydrogens is 501 g/mol. The first kappa shape index (κ1) is 26.8. The number of nitrogen functional groups attached to an aromatic ring is 1. The van der Waals surface area contributed by atoms with Crippen LogP contribution in [0.25, 0.3) is 21.8 Å². The van der Waals surface area contributed by atoms with Gasteiger partial charge in [0.05, 0.1) is 32.4 Å². The maximum atomic E-state index is 10.6. The Morgan fingerprint density at radius 2 is 1.43 bits per heavy atom. The zero-order valence-electron chi connectivity index (χ0n) is 19.8. The summed E-state index contributed by atoms with van der Waals surface area (Å²) in [6.45, 7) is 1.85. The third-order valence-corrected chi connectivity index (χ3v) is 4.84. The number of methoxy groups -OCH3 is 3. The Balaban J connectivity index is 0.000000479. The van der Waals surface area contributed by atoms with Gasteiger partial charge in [0.2, 0.25) is 17.8 Å². The van der Waals surface area contributed by atoms with Crippen LogP contribution in [0.15, 0.2) is 24.3 Å². The molecule has 0 atom stereocenters. The van der Waals surface area contributed by atoms with Gasteiger partial charge in [0.15, 0.2) is 0 Å². The van der Waals surface area contributed by atoms with Gasteiger partial charge in [-0.2, -0.15) is 18.2 Å². The number of alkyl halides is 3. The fraction of sp³-hybridized carbons (Fsp3) is 0.227.